The summed E-state index contributed by atoms with van der Waals surface area (Å²) in [6.45, 7) is -1.72. The van der Waals surface area contributed by atoms with Gasteiger partial charge in [0.1, 0.15) is 11.3 Å². The number of aromatic nitrogens is 6. The highest BCUT2D eigenvalue weighted by Crippen LogP contribution is 2.29. The fourth-order valence-electron chi connectivity index (χ4n) is 3.31. The summed E-state index contributed by atoms with van der Waals surface area (Å²) in [6, 6.07) is 1.05. The number of aliphatic hydroxyl groups is 1. The minimum Gasteiger partial charge on any atom is -0.415 e. The van der Waals surface area contributed by atoms with Crippen LogP contribution in [0.4, 0.5) is 20.4 Å². The van der Waals surface area contributed by atoms with Crippen molar-refractivity contribution in [3.05, 3.63) is 18.5 Å². The number of aliphatic hydroxyl groups excluding tert-OH is 1. The SMILES string of the molecule is OCC(C1CCOCC1)n1ncc2ncc(Nc3cc(OC(F)F)n[nH]3)nc21. The average Bonchev–Trinajstić information content (AvgIpc) is 3.30. The molecule has 4 rings (SSSR count). The monoisotopic (exact) mass is 395 g/mol. The van der Waals surface area contributed by atoms with Crippen molar-refractivity contribution >= 4 is 22.8 Å². The van der Waals surface area contributed by atoms with Gasteiger partial charge in [0.2, 0.25) is 5.88 Å². The van der Waals surface area contributed by atoms with Gasteiger partial charge >= 0.3 is 6.61 Å². The van der Waals surface area contributed by atoms with E-state index in [0.29, 0.717) is 36.0 Å². The normalized spacial score (nSPS) is 16.6. The van der Waals surface area contributed by atoms with Crippen molar-refractivity contribution in [3.63, 3.8) is 0 Å². The molecular formula is C16H19F2N7O3. The summed E-state index contributed by atoms with van der Waals surface area (Å²) in [7, 11) is 0. The second kappa shape index (κ2) is 8.02. The van der Waals surface area contributed by atoms with Gasteiger partial charge < -0.3 is 19.9 Å². The van der Waals surface area contributed by atoms with E-state index in [9.17, 15) is 13.9 Å². The van der Waals surface area contributed by atoms with Crippen LogP contribution in [0.25, 0.3) is 11.2 Å². The smallest absolute Gasteiger partial charge is 0.388 e. The Balaban J connectivity index is 1.57. The largest absolute Gasteiger partial charge is 0.415 e. The van der Waals surface area contributed by atoms with E-state index in [-0.39, 0.29) is 24.4 Å². The molecule has 12 heteroatoms. The van der Waals surface area contributed by atoms with Gasteiger partial charge in [0.25, 0.3) is 0 Å². The minimum absolute atomic E-state index is 0.0738. The Labute approximate surface area is 157 Å². The van der Waals surface area contributed by atoms with E-state index in [2.05, 4.69) is 35.3 Å². The Hall–Kier alpha value is -2.86. The van der Waals surface area contributed by atoms with E-state index in [4.69, 9.17) is 4.74 Å². The molecule has 3 aromatic heterocycles. The van der Waals surface area contributed by atoms with Gasteiger partial charge in [-0.2, -0.15) is 13.9 Å². The molecule has 150 valence electrons. The number of rotatable bonds is 7. The molecule has 0 bridgehead atoms. The van der Waals surface area contributed by atoms with Crippen molar-refractivity contribution in [1.29, 1.82) is 0 Å². The molecule has 1 aliphatic rings. The first-order chi connectivity index (χ1) is 13.6. The predicted octanol–water partition coefficient (Wildman–Crippen LogP) is 1.85. The molecule has 1 atom stereocenters. The summed E-state index contributed by atoms with van der Waals surface area (Å²) in [5.41, 5.74) is 1.10. The topological polar surface area (TPSA) is 123 Å². The second-order valence-corrected chi connectivity index (χ2v) is 6.38. The molecule has 0 aliphatic carbocycles. The van der Waals surface area contributed by atoms with Crippen LogP contribution < -0.4 is 10.1 Å². The molecule has 3 N–H and O–H groups in total. The molecule has 0 saturated carbocycles. The number of aromatic amines is 1. The molecule has 0 amide bonds. The first-order valence-electron chi connectivity index (χ1n) is 8.80. The number of nitrogens with one attached hydrogen (secondary N) is 2. The van der Waals surface area contributed by atoms with Gasteiger partial charge in [-0.05, 0) is 18.8 Å². The van der Waals surface area contributed by atoms with E-state index in [1.165, 1.54) is 12.3 Å². The molecule has 0 radical (unpaired) electrons. The predicted molar refractivity (Wildman–Crippen MR) is 93.5 cm³/mol. The summed E-state index contributed by atoms with van der Waals surface area (Å²) in [6.07, 6.45) is 4.75. The van der Waals surface area contributed by atoms with Crippen LogP contribution in [0.5, 0.6) is 5.88 Å². The number of nitrogens with zero attached hydrogens (tertiary/aromatic N) is 5. The van der Waals surface area contributed by atoms with Crippen LogP contribution in [0.3, 0.4) is 0 Å². The Bertz CT molecular complexity index is 926. The fraction of sp³-hybridized carbons (Fsp3) is 0.500. The summed E-state index contributed by atoms with van der Waals surface area (Å²) >= 11 is 0. The second-order valence-electron chi connectivity index (χ2n) is 6.38. The lowest BCUT2D eigenvalue weighted by Gasteiger charge is -2.29. The third-order valence-electron chi connectivity index (χ3n) is 4.64. The van der Waals surface area contributed by atoms with E-state index in [1.54, 1.807) is 10.9 Å². The molecule has 1 saturated heterocycles. The standard InChI is InChI=1S/C16H19F2N7O3/c17-16(18)28-14-5-12(23-24-14)21-13-7-19-10-6-20-25(15(10)22-13)11(8-26)9-1-3-27-4-2-9/h5-7,9,11,16,26H,1-4,8H2,(H2,21,22,23,24). The van der Waals surface area contributed by atoms with E-state index >= 15 is 0 Å². The number of fused-ring (bicyclic) bond motifs is 1. The molecule has 4 heterocycles. The van der Waals surface area contributed by atoms with Crippen LogP contribution in [-0.4, -0.2) is 61.5 Å². The summed E-state index contributed by atoms with van der Waals surface area (Å²) < 4.78 is 35.8. The lowest BCUT2D eigenvalue weighted by Crippen LogP contribution is -2.29. The lowest BCUT2D eigenvalue weighted by molar-refractivity contribution is -0.0528. The molecule has 1 aliphatic heterocycles. The van der Waals surface area contributed by atoms with Crippen LogP contribution >= 0.6 is 0 Å². The lowest BCUT2D eigenvalue weighted by atomic mass is 9.92. The zero-order valence-electron chi connectivity index (χ0n) is 14.8. The highest BCUT2D eigenvalue weighted by Gasteiger charge is 2.27. The zero-order valence-corrected chi connectivity index (χ0v) is 14.8. The number of hydrogen-bond acceptors (Lipinski definition) is 8. The highest BCUT2D eigenvalue weighted by molar-refractivity contribution is 5.72. The first kappa shape index (κ1) is 18.5. The van der Waals surface area contributed by atoms with Gasteiger partial charge in [0.05, 0.1) is 25.0 Å². The molecule has 0 spiro atoms. The number of alkyl halides is 2. The Morgan fingerprint density at radius 1 is 1.36 bits per heavy atom. The van der Waals surface area contributed by atoms with Crippen molar-refractivity contribution in [1.82, 2.24) is 29.9 Å². The highest BCUT2D eigenvalue weighted by atomic mass is 19.3. The van der Waals surface area contributed by atoms with Gasteiger partial charge in [-0.25, -0.2) is 14.6 Å². The molecular weight excluding hydrogens is 376 g/mol. The maximum absolute atomic E-state index is 12.2. The van der Waals surface area contributed by atoms with Crippen LogP contribution in [0.15, 0.2) is 18.5 Å². The van der Waals surface area contributed by atoms with E-state index in [0.717, 1.165) is 12.8 Å². The first-order valence-corrected chi connectivity index (χ1v) is 8.80. The van der Waals surface area contributed by atoms with Gasteiger partial charge in [-0.15, -0.1) is 5.10 Å². The molecule has 3 aromatic rings. The van der Waals surface area contributed by atoms with Crippen LogP contribution in [-0.2, 0) is 4.74 Å². The maximum atomic E-state index is 12.2. The van der Waals surface area contributed by atoms with Crippen LogP contribution in [0.2, 0.25) is 0 Å². The molecule has 1 unspecified atom stereocenters. The number of anilines is 2. The third kappa shape index (κ3) is 3.87. The van der Waals surface area contributed by atoms with Gasteiger partial charge in [-0.1, -0.05) is 0 Å². The van der Waals surface area contributed by atoms with Crippen molar-refractivity contribution in [2.45, 2.75) is 25.5 Å². The molecule has 1 fully saturated rings. The zero-order chi connectivity index (χ0) is 19.5. The summed E-state index contributed by atoms with van der Waals surface area (Å²) in [4.78, 5) is 8.83. The number of ether oxygens (including phenoxy) is 2. The number of halogens is 2. The van der Waals surface area contributed by atoms with Gasteiger partial charge in [0.15, 0.2) is 11.5 Å². The van der Waals surface area contributed by atoms with Crippen molar-refractivity contribution in [2.24, 2.45) is 5.92 Å². The van der Waals surface area contributed by atoms with Crippen LogP contribution in [0.1, 0.15) is 18.9 Å². The average molecular weight is 395 g/mol. The van der Waals surface area contributed by atoms with Gasteiger partial charge in [0, 0.05) is 19.3 Å². The minimum atomic E-state index is -2.96. The fourth-order valence-corrected chi connectivity index (χ4v) is 3.31. The maximum Gasteiger partial charge on any atom is 0.388 e. The third-order valence-corrected chi connectivity index (χ3v) is 4.64. The van der Waals surface area contributed by atoms with Crippen molar-refractivity contribution in [2.75, 3.05) is 25.1 Å². The molecule has 10 nitrogen and oxygen atoms in total. The molecule has 0 aromatic carbocycles. The Morgan fingerprint density at radius 3 is 2.93 bits per heavy atom. The van der Waals surface area contributed by atoms with Crippen molar-refractivity contribution in [3.8, 4) is 5.88 Å². The van der Waals surface area contributed by atoms with Crippen LogP contribution in [0, 0.1) is 5.92 Å². The van der Waals surface area contributed by atoms with Gasteiger partial charge in [-0.3, -0.25) is 5.10 Å². The quantitative estimate of drug-likeness (QED) is 0.554. The van der Waals surface area contributed by atoms with E-state index in [1.807, 2.05) is 0 Å². The molecule has 28 heavy (non-hydrogen) atoms. The number of hydrogen-bond donors (Lipinski definition) is 3. The van der Waals surface area contributed by atoms with Crippen molar-refractivity contribution < 1.29 is 23.4 Å². The Morgan fingerprint density at radius 2 is 2.18 bits per heavy atom. The summed E-state index contributed by atoms with van der Waals surface area (Å²) in [5, 5.41) is 23.4. The van der Waals surface area contributed by atoms with E-state index < -0.39 is 6.61 Å². The summed E-state index contributed by atoms with van der Waals surface area (Å²) in [5.74, 6) is 0.669. The Kier molecular flexibility index (Phi) is 5.30. The number of H-pyrrole nitrogens is 1.